The number of hydrogen-bond donors (Lipinski definition) is 2. The van der Waals surface area contributed by atoms with E-state index in [2.05, 4.69) is 21.2 Å². The Morgan fingerprint density at radius 2 is 2.22 bits per heavy atom. The van der Waals surface area contributed by atoms with Gasteiger partial charge in [0.05, 0.1) is 0 Å². The van der Waals surface area contributed by atoms with Gasteiger partial charge in [0.25, 0.3) is 5.91 Å². The highest BCUT2D eigenvalue weighted by Gasteiger charge is 2.29. The number of aromatic nitrogens is 3. The fourth-order valence-electron chi connectivity index (χ4n) is 2.60. The second-order valence-electron chi connectivity index (χ2n) is 5.57. The molecule has 3 rings (SSSR count). The van der Waals surface area contributed by atoms with Crippen LogP contribution in [0.25, 0.3) is 0 Å². The quantitative estimate of drug-likeness (QED) is 0.840. The van der Waals surface area contributed by atoms with Crippen LogP contribution in [0.3, 0.4) is 0 Å². The van der Waals surface area contributed by atoms with Crippen molar-refractivity contribution in [2.24, 2.45) is 0 Å². The maximum Gasteiger partial charge on any atom is 0.291 e. The molecule has 1 fully saturated rings. The van der Waals surface area contributed by atoms with E-state index in [1.807, 2.05) is 25.1 Å². The molecule has 0 aliphatic carbocycles. The van der Waals surface area contributed by atoms with E-state index in [0.29, 0.717) is 19.6 Å². The highest BCUT2D eigenvalue weighted by atomic mass is 16.2. The zero-order valence-electron chi connectivity index (χ0n) is 12.8. The van der Waals surface area contributed by atoms with Gasteiger partial charge in [-0.3, -0.25) is 14.7 Å². The van der Waals surface area contributed by atoms with Crippen LogP contribution in [0.15, 0.2) is 24.3 Å². The smallest absolute Gasteiger partial charge is 0.291 e. The lowest BCUT2D eigenvalue weighted by atomic mass is 10.1. The SMILES string of the molecule is Cc1cccc(CN2CCN(C(=O)c3nc(N)n[nH]3)CC2=O)c1. The van der Waals surface area contributed by atoms with Gasteiger partial charge in [0.1, 0.15) is 6.54 Å². The van der Waals surface area contributed by atoms with Crippen molar-refractivity contribution in [2.45, 2.75) is 13.5 Å². The summed E-state index contributed by atoms with van der Waals surface area (Å²) in [5.41, 5.74) is 7.64. The Morgan fingerprint density at radius 3 is 2.87 bits per heavy atom. The van der Waals surface area contributed by atoms with Gasteiger partial charge in [-0.25, -0.2) is 0 Å². The van der Waals surface area contributed by atoms with E-state index in [9.17, 15) is 9.59 Å². The molecule has 0 radical (unpaired) electrons. The van der Waals surface area contributed by atoms with Crippen LogP contribution in [0.5, 0.6) is 0 Å². The molecule has 120 valence electrons. The minimum Gasteiger partial charge on any atom is -0.366 e. The molecule has 0 bridgehead atoms. The third-order valence-electron chi connectivity index (χ3n) is 3.77. The number of anilines is 1. The van der Waals surface area contributed by atoms with Crippen molar-refractivity contribution in [1.29, 1.82) is 0 Å². The predicted molar refractivity (Wildman–Crippen MR) is 83.3 cm³/mol. The Kier molecular flexibility index (Phi) is 3.96. The van der Waals surface area contributed by atoms with Crippen LogP contribution in [0.4, 0.5) is 5.95 Å². The van der Waals surface area contributed by atoms with E-state index in [0.717, 1.165) is 11.1 Å². The summed E-state index contributed by atoms with van der Waals surface area (Å²) >= 11 is 0. The van der Waals surface area contributed by atoms with Gasteiger partial charge in [0.15, 0.2) is 0 Å². The zero-order valence-corrected chi connectivity index (χ0v) is 12.8. The maximum atomic E-state index is 12.3. The van der Waals surface area contributed by atoms with Crippen LogP contribution in [-0.2, 0) is 11.3 Å². The molecular weight excluding hydrogens is 296 g/mol. The van der Waals surface area contributed by atoms with Crippen molar-refractivity contribution < 1.29 is 9.59 Å². The van der Waals surface area contributed by atoms with Crippen LogP contribution in [0, 0.1) is 6.92 Å². The molecule has 8 heteroatoms. The lowest BCUT2D eigenvalue weighted by Crippen LogP contribution is -2.52. The molecule has 2 aromatic rings. The van der Waals surface area contributed by atoms with Gasteiger partial charge in [-0.1, -0.05) is 29.8 Å². The average molecular weight is 314 g/mol. The third-order valence-corrected chi connectivity index (χ3v) is 3.77. The van der Waals surface area contributed by atoms with Crippen LogP contribution in [0.2, 0.25) is 0 Å². The lowest BCUT2D eigenvalue weighted by molar-refractivity contribution is -0.135. The molecule has 23 heavy (non-hydrogen) atoms. The Bertz CT molecular complexity index is 741. The number of aromatic amines is 1. The van der Waals surface area contributed by atoms with Crippen molar-refractivity contribution >= 4 is 17.8 Å². The Balaban J connectivity index is 1.63. The number of hydrogen-bond acceptors (Lipinski definition) is 5. The van der Waals surface area contributed by atoms with Crippen LogP contribution < -0.4 is 5.73 Å². The molecule has 0 unspecified atom stereocenters. The average Bonchev–Trinajstić information content (AvgIpc) is 2.95. The van der Waals surface area contributed by atoms with Crippen LogP contribution in [0.1, 0.15) is 21.7 Å². The molecule has 0 spiro atoms. The van der Waals surface area contributed by atoms with Gasteiger partial charge in [-0.15, -0.1) is 5.10 Å². The number of nitrogens with zero attached hydrogens (tertiary/aromatic N) is 4. The summed E-state index contributed by atoms with van der Waals surface area (Å²) in [7, 11) is 0. The summed E-state index contributed by atoms with van der Waals surface area (Å²) in [5, 5.41) is 6.10. The molecule has 0 atom stereocenters. The first-order valence-corrected chi connectivity index (χ1v) is 7.33. The van der Waals surface area contributed by atoms with Crippen molar-refractivity contribution in [3.63, 3.8) is 0 Å². The van der Waals surface area contributed by atoms with E-state index in [1.165, 1.54) is 4.90 Å². The molecule has 2 heterocycles. The standard InChI is InChI=1S/C15H18N6O2/c1-10-3-2-4-11(7-10)8-20-5-6-21(9-12(20)22)14(23)13-17-15(16)19-18-13/h2-4,7H,5-6,8-9H2,1H3,(H3,16,17,18,19). The summed E-state index contributed by atoms with van der Waals surface area (Å²) in [4.78, 5) is 31.5. The van der Waals surface area contributed by atoms with Gasteiger partial charge < -0.3 is 15.5 Å². The van der Waals surface area contributed by atoms with Gasteiger partial charge in [0.2, 0.25) is 17.7 Å². The van der Waals surface area contributed by atoms with Crippen molar-refractivity contribution in [1.82, 2.24) is 25.0 Å². The summed E-state index contributed by atoms with van der Waals surface area (Å²) in [6.07, 6.45) is 0. The van der Waals surface area contributed by atoms with E-state index in [1.54, 1.807) is 4.90 Å². The first-order chi connectivity index (χ1) is 11.0. The number of nitrogen functional groups attached to an aromatic ring is 1. The largest absolute Gasteiger partial charge is 0.366 e. The Morgan fingerprint density at radius 1 is 1.39 bits per heavy atom. The maximum absolute atomic E-state index is 12.3. The number of H-pyrrole nitrogens is 1. The van der Waals surface area contributed by atoms with Crippen LogP contribution >= 0.6 is 0 Å². The molecule has 1 saturated heterocycles. The number of rotatable bonds is 3. The summed E-state index contributed by atoms with van der Waals surface area (Å²) in [5.74, 6) is -0.378. The van der Waals surface area contributed by atoms with E-state index in [4.69, 9.17) is 5.73 Å². The second kappa shape index (κ2) is 6.07. The number of amides is 2. The number of nitrogens with two attached hydrogens (primary N) is 1. The Hall–Kier alpha value is -2.90. The van der Waals surface area contributed by atoms with Gasteiger partial charge >= 0.3 is 0 Å². The molecule has 1 aliphatic heterocycles. The number of benzene rings is 1. The first-order valence-electron chi connectivity index (χ1n) is 7.33. The summed E-state index contributed by atoms with van der Waals surface area (Å²) in [6, 6.07) is 8.05. The molecule has 1 aliphatic rings. The number of carbonyl (C=O) groups is 2. The zero-order chi connectivity index (χ0) is 16.4. The number of nitrogens with one attached hydrogen (secondary N) is 1. The minimum absolute atomic E-state index is 0.0118. The van der Waals surface area contributed by atoms with Crippen molar-refractivity contribution in [2.75, 3.05) is 25.4 Å². The highest BCUT2D eigenvalue weighted by molar-refractivity contribution is 5.94. The number of carbonyl (C=O) groups excluding carboxylic acids is 2. The molecule has 1 aromatic carbocycles. The molecule has 0 saturated carbocycles. The molecule has 3 N–H and O–H groups in total. The van der Waals surface area contributed by atoms with Crippen LogP contribution in [-0.4, -0.2) is 56.4 Å². The topological polar surface area (TPSA) is 108 Å². The van der Waals surface area contributed by atoms with Gasteiger partial charge in [-0.05, 0) is 12.5 Å². The molecule has 1 aromatic heterocycles. The second-order valence-corrected chi connectivity index (χ2v) is 5.57. The fourth-order valence-corrected chi connectivity index (χ4v) is 2.60. The van der Waals surface area contributed by atoms with E-state index in [-0.39, 0.29) is 30.1 Å². The molecule has 8 nitrogen and oxygen atoms in total. The molecule has 2 amide bonds. The molecular formula is C15H18N6O2. The summed E-state index contributed by atoms with van der Waals surface area (Å²) in [6.45, 7) is 3.55. The first kappa shape index (κ1) is 15.0. The lowest BCUT2D eigenvalue weighted by Gasteiger charge is -2.34. The van der Waals surface area contributed by atoms with E-state index < -0.39 is 0 Å². The van der Waals surface area contributed by atoms with Gasteiger partial charge in [-0.2, -0.15) is 4.98 Å². The fraction of sp³-hybridized carbons (Fsp3) is 0.333. The van der Waals surface area contributed by atoms with E-state index >= 15 is 0 Å². The van der Waals surface area contributed by atoms with Crippen molar-refractivity contribution in [3.05, 3.63) is 41.2 Å². The predicted octanol–water partition coefficient (Wildman–Crippen LogP) is 0.180. The summed E-state index contributed by atoms with van der Waals surface area (Å²) < 4.78 is 0. The Labute approximate surface area is 133 Å². The number of aryl methyl sites for hydroxylation is 1. The monoisotopic (exact) mass is 314 g/mol. The van der Waals surface area contributed by atoms with Crippen molar-refractivity contribution in [3.8, 4) is 0 Å². The minimum atomic E-state index is -0.363. The normalized spacial score (nSPS) is 15.1. The van der Waals surface area contributed by atoms with Gasteiger partial charge in [0, 0.05) is 19.6 Å². The number of piperazine rings is 1. The third kappa shape index (κ3) is 3.31. The highest BCUT2D eigenvalue weighted by Crippen LogP contribution is 2.12.